The molecule has 0 radical (unpaired) electrons. The van der Waals surface area contributed by atoms with E-state index in [0.29, 0.717) is 12.3 Å². The van der Waals surface area contributed by atoms with Crippen LogP contribution in [0.5, 0.6) is 0 Å². The Balaban J connectivity index is 3.99. The molecule has 0 aliphatic carbocycles. The maximum atomic E-state index is 11.6. The molecule has 0 spiro atoms. The number of rotatable bonds is 5. The van der Waals surface area contributed by atoms with Crippen LogP contribution < -0.4 is 5.73 Å². The van der Waals surface area contributed by atoms with Crippen molar-refractivity contribution in [3.05, 3.63) is 0 Å². The Labute approximate surface area is 81.3 Å². The van der Waals surface area contributed by atoms with Crippen molar-refractivity contribution < 1.29 is 4.79 Å². The summed E-state index contributed by atoms with van der Waals surface area (Å²) in [6.07, 6.45) is 0.459. The second kappa shape index (κ2) is 5.97. The summed E-state index contributed by atoms with van der Waals surface area (Å²) in [4.78, 5) is 13.4. The topological polar surface area (TPSA) is 46.3 Å². The highest BCUT2D eigenvalue weighted by Gasteiger charge is 2.13. The molecule has 2 N–H and O–H groups in total. The lowest BCUT2D eigenvalue weighted by atomic mass is 10.1. The van der Waals surface area contributed by atoms with Gasteiger partial charge in [0.2, 0.25) is 5.91 Å². The Bertz CT molecular complexity index is 155. The van der Waals surface area contributed by atoms with Gasteiger partial charge < -0.3 is 10.6 Å². The van der Waals surface area contributed by atoms with Crippen LogP contribution in [0, 0.1) is 5.92 Å². The van der Waals surface area contributed by atoms with E-state index in [4.69, 9.17) is 5.73 Å². The van der Waals surface area contributed by atoms with Crippen LogP contribution in [0.1, 0.15) is 34.1 Å². The molecule has 1 amide bonds. The van der Waals surface area contributed by atoms with E-state index in [-0.39, 0.29) is 11.9 Å². The van der Waals surface area contributed by atoms with E-state index < -0.39 is 0 Å². The van der Waals surface area contributed by atoms with Gasteiger partial charge >= 0.3 is 0 Å². The van der Waals surface area contributed by atoms with Crippen molar-refractivity contribution in [3.63, 3.8) is 0 Å². The zero-order valence-corrected chi connectivity index (χ0v) is 9.21. The van der Waals surface area contributed by atoms with Gasteiger partial charge in [-0.25, -0.2) is 0 Å². The first-order valence-corrected chi connectivity index (χ1v) is 5.00. The summed E-state index contributed by atoms with van der Waals surface area (Å²) in [5.41, 5.74) is 5.57. The summed E-state index contributed by atoms with van der Waals surface area (Å²) in [6.45, 7) is 9.71. The summed E-state index contributed by atoms with van der Waals surface area (Å²) >= 11 is 0. The molecule has 0 saturated carbocycles. The van der Waals surface area contributed by atoms with Crippen LogP contribution in [0.25, 0.3) is 0 Å². The molecule has 0 aliphatic heterocycles. The van der Waals surface area contributed by atoms with Crippen LogP contribution in [-0.4, -0.2) is 29.9 Å². The Hall–Kier alpha value is -0.570. The first kappa shape index (κ1) is 12.4. The van der Waals surface area contributed by atoms with Gasteiger partial charge in [-0.2, -0.15) is 0 Å². The molecule has 1 atom stereocenters. The third-order valence-electron chi connectivity index (χ3n) is 1.82. The minimum atomic E-state index is -0.0336. The van der Waals surface area contributed by atoms with Crippen molar-refractivity contribution in [2.45, 2.75) is 40.2 Å². The third kappa shape index (κ3) is 5.64. The third-order valence-corrected chi connectivity index (χ3v) is 1.82. The van der Waals surface area contributed by atoms with E-state index in [2.05, 4.69) is 13.8 Å². The highest BCUT2D eigenvalue weighted by Crippen LogP contribution is 2.02. The van der Waals surface area contributed by atoms with Crippen molar-refractivity contribution >= 4 is 5.91 Å². The minimum Gasteiger partial charge on any atom is -0.343 e. The number of nitrogens with zero attached hydrogens (tertiary/aromatic N) is 1. The maximum absolute atomic E-state index is 11.6. The molecule has 3 nitrogen and oxygen atoms in total. The van der Waals surface area contributed by atoms with Crippen LogP contribution in [0.15, 0.2) is 0 Å². The van der Waals surface area contributed by atoms with Gasteiger partial charge in [0.05, 0.1) is 0 Å². The quantitative estimate of drug-likeness (QED) is 0.702. The van der Waals surface area contributed by atoms with Gasteiger partial charge in [0.15, 0.2) is 0 Å². The molecule has 0 fully saturated rings. The predicted molar refractivity (Wildman–Crippen MR) is 55.4 cm³/mol. The highest BCUT2D eigenvalue weighted by atomic mass is 16.2. The van der Waals surface area contributed by atoms with Gasteiger partial charge in [-0.3, -0.25) is 4.79 Å². The Morgan fingerprint density at radius 3 is 2.23 bits per heavy atom. The van der Waals surface area contributed by atoms with E-state index in [1.165, 1.54) is 0 Å². The fraction of sp³-hybridized carbons (Fsp3) is 0.900. The van der Waals surface area contributed by atoms with Crippen LogP contribution in [0.2, 0.25) is 0 Å². The van der Waals surface area contributed by atoms with Crippen molar-refractivity contribution in [2.24, 2.45) is 11.7 Å². The molecule has 0 rings (SSSR count). The maximum Gasteiger partial charge on any atom is 0.224 e. The second-order valence-electron chi connectivity index (χ2n) is 4.01. The van der Waals surface area contributed by atoms with Crippen LogP contribution >= 0.6 is 0 Å². The zero-order valence-electron chi connectivity index (χ0n) is 9.21. The largest absolute Gasteiger partial charge is 0.343 e. The Kier molecular flexibility index (Phi) is 5.71. The summed E-state index contributed by atoms with van der Waals surface area (Å²) < 4.78 is 0. The van der Waals surface area contributed by atoms with E-state index >= 15 is 0 Å². The average Bonchev–Trinajstić information content (AvgIpc) is 1.98. The molecular weight excluding hydrogens is 164 g/mol. The lowest BCUT2D eigenvalue weighted by molar-refractivity contribution is -0.131. The fourth-order valence-corrected chi connectivity index (χ4v) is 1.25. The molecular formula is C10H22N2O. The van der Waals surface area contributed by atoms with Crippen molar-refractivity contribution in [3.8, 4) is 0 Å². The first-order chi connectivity index (χ1) is 5.97. The van der Waals surface area contributed by atoms with Crippen molar-refractivity contribution in [1.29, 1.82) is 0 Å². The summed E-state index contributed by atoms with van der Waals surface area (Å²) in [6, 6.07) is -0.0336. The smallest absolute Gasteiger partial charge is 0.224 e. The van der Waals surface area contributed by atoms with Crippen molar-refractivity contribution in [2.75, 3.05) is 13.1 Å². The molecule has 0 aromatic heterocycles. The lowest BCUT2D eigenvalue weighted by Gasteiger charge is -2.23. The van der Waals surface area contributed by atoms with Crippen LogP contribution in [0.4, 0.5) is 0 Å². The number of nitrogens with two attached hydrogens (primary N) is 1. The predicted octanol–water partition coefficient (Wildman–Crippen LogP) is 1.23. The number of carbonyl (C=O) groups is 1. The van der Waals surface area contributed by atoms with Gasteiger partial charge in [0, 0.05) is 25.6 Å². The minimum absolute atomic E-state index is 0.0336. The molecule has 0 saturated heterocycles. The highest BCUT2D eigenvalue weighted by molar-refractivity contribution is 5.76. The van der Waals surface area contributed by atoms with Crippen molar-refractivity contribution in [1.82, 2.24) is 4.90 Å². The SMILES string of the molecule is CCN(CC(C)C)C(=O)CC(C)N. The number of hydrogen-bond donors (Lipinski definition) is 1. The van der Waals surface area contributed by atoms with E-state index in [1.54, 1.807) is 0 Å². The van der Waals surface area contributed by atoms with Crippen LogP contribution in [-0.2, 0) is 4.79 Å². The molecule has 0 bridgehead atoms. The molecule has 0 heterocycles. The summed E-state index contributed by atoms with van der Waals surface area (Å²) in [5, 5.41) is 0. The Morgan fingerprint density at radius 2 is 1.92 bits per heavy atom. The summed E-state index contributed by atoms with van der Waals surface area (Å²) in [7, 11) is 0. The molecule has 3 heteroatoms. The van der Waals surface area contributed by atoms with Crippen LogP contribution in [0.3, 0.4) is 0 Å². The monoisotopic (exact) mass is 186 g/mol. The second-order valence-corrected chi connectivity index (χ2v) is 4.01. The van der Waals surface area contributed by atoms with E-state index in [1.807, 2.05) is 18.7 Å². The van der Waals surface area contributed by atoms with E-state index in [0.717, 1.165) is 13.1 Å². The number of carbonyl (C=O) groups excluding carboxylic acids is 1. The first-order valence-electron chi connectivity index (χ1n) is 5.00. The molecule has 1 unspecified atom stereocenters. The molecule has 0 aromatic rings. The lowest BCUT2D eigenvalue weighted by Crippen LogP contribution is -2.37. The zero-order chi connectivity index (χ0) is 10.4. The average molecular weight is 186 g/mol. The summed E-state index contributed by atoms with van der Waals surface area (Å²) in [5.74, 6) is 0.697. The van der Waals surface area contributed by atoms with E-state index in [9.17, 15) is 4.79 Å². The molecule has 13 heavy (non-hydrogen) atoms. The van der Waals surface area contributed by atoms with Gasteiger partial charge in [-0.15, -0.1) is 0 Å². The fourth-order valence-electron chi connectivity index (χ4n) is 1.25. The normalized spacial score (nSPS) is 13.1. The number of amides is 1. The number of hydrogen-bond acceptors (Lipinski definition) is 2. The Morgan fingerprint density at radius 1 is 1.38 bits per heavy atom. The molecule has 0 aromatic carbocycles. The standard InChI is InChI=1S/C10H22N2O/c1-5-12(7-8(2)3)10(13)6-9(4)11/h8-9H,5-7,11H2,1-4H3. The van der Waals surface area contributed by atoms with Gasteiger partial charge in [-0.05, 0) is 19.8 Å². The molecule has 78 valence electrons. The van der Waals surface area contributed by atoms with Gasteiger partial charge in [0.25, 0.3) is 0 Å². The van der Waals surface area contributed by atoms with Gasteiger partial charge in [-0.1, -0.05) is 13.8 Å². The van der Waals surface area contributed by atoms with Gasteiger partial charge in [0.1, 0.15) is 0 Å². The molecule has 0 aliphatic rings.